The van der Waals surface area contributed by atoms with Gasteiger partial charge in [0.25, 0.3) is 5.91 Å². The molecule has 0 spiro atoms. The number of methoxy groups -OCH3 is 2. The first kappa shape index (κ1) is 16.2. The van der Waals surface area contributed by atoms with Crippen LogP contribution in [0, 0.1) is 5.92 Å². The van der Waals surface area contributed by atoms with Crippen molar-refractivity contribution in [3.8, 4) is 11.5 Å². The lowest BCUT2D eigenvalue weighted by Gasteiger charge is -2.20. The topological polar surface area (TPSA) is 79.5 Å². The third-order valence-electron chi connectivity index (χ3n) is 4.30. The maximum absolute atomic E-state index is 12.0. The summed E-state index contributed by atoms with van der Waals surface area (Å²) in [4.78, 5) is 14.3. The van der Waals surface area contributed by atoms with E-state index in [9.17, 15) is 4.79 Å². The summed E-state index contributed by atoms with van der Waals surface area (Å²) in [6.45, 7) is 2.49. The molecule has 0 bridgehead atoms. The number of H-pyrrole nitrogens is 1. The zero-order valence-electron chi connectivity index (χ0n) is 13.9. The Labute approximate surface area is 140 Å². The first-order valence-electron chi connectivity index (χ1n) is 7.94. The van der Waals surface area contributed by atoms with Gasteiger partial charge in [-0.3, -0.25) is 9.89 Å². The molecule has 7 nitrogen and oxygen atoms in total. The molecule has 1 aliphatic heterocycles. The Kier molecular flexibility index (Phi) is 4.88. The molecule has 1 aliphatic rings. The van der Waals surface area contributed by atoms with E-state index in [1.165, 1.54) is 6.20 Å². The van der Waals surface area contributed by atoms with Crippen LogP contribution >= 0.6 is 0 Å². The number of carbonyl (C=O) groups is 1. The predicted molar refractivity (Wildman–Crippen MR) is 90.8 cm³/mol. The molecule has 1 aromatic heterocycles. The fourth-order valence-electron chi connectivity index (χ4n) is 2.92. The highest BCUT2D eigenvalue weighted by molar-refractivity contribution is 5.93. The largest absolute Gasteiger partial charge is 0.497 e. The van der Waals surface area contributed by atoms with Gasteiger partial charge in [-0.2, -0.15) is 5.10 Å². The van der Waals surface area contributed by atoms with Crippen LogP contribution in [0.3, 0.4) is 0 Å². The van der Waals surface area contributed by atoms with Crippen molar-refractivity contribution in [1.29, 1.82) is 0 Å². The van der Waals surface area contributed by atoms with E-state index in [1.807, 2.05) is 18.2 Å². The minimum atomic E-state index is -0.0924. The van der Waals surface area contributed by atoms with E-state index in [-0.39, 0.29) is 5.91 Å². The van der Waals surface area contributed by atoms with Gasteiger partial charge in [0.1, 0.15) is 11.5 Å². The quantitative estimate of drug-likeness (QED) is 0.842. The number of benzene rings is 1. The number of rotatable bonds is 6. The molecule has 0 unspecified atom stereocenters. The minimum absolute atomic E-state index is 0.0924. The summed E-state index contributed by atoms with van der Waals surface area (Å²) in [5.41, 5.74) is 1.64. The van der Waals surface area contributed by atoms with E-state index in [1.54, 1.807) is 20.4 Å². The number of aromatic amines is 1. The molecule has 2 heterocycles. The highest BCUT2D eigenvalue weighted by atomic mass is 16.5. The third-order valence-corrected chi connectivity index (χ3v) is 4.30. The Morgan fingerprint density at radius 3 is 2.71 bits per heavy atom. The van der Waals surface area contributed by atoms with E-state index in [4.69, 9.17) is 9.47 Å². The third kappa shape index (κ3) is 3.61. The molecule has 0 saturated carbocycles. The molecular formula is C17H22N4O3. The number of nitrogens with one attached hydrogen (secondary N) is 2. The van der Waals surface area contributed by atoms with Crippen LogP contribution in [0.15, 0.2) is 30.6 Å². The summed E-state index contributed by atoms with van der Waals surface area (Å²) in [6, 6.07) is 5.88. The predicted octanol–water partition coefficient (Wildman–Crippen LogP) is 1.68. The van der Waals surface area contributed by atoms with Crippen LogP contribution in [0.25, 0.3) is 0 Å². The van der Waals surface area contributed by atoms with Crippen LogP contribution in [-0.2, 0) is 0 Å². The molecule has 0 radical (unpaired) electrons. The van der Waals surface area contributed by atoms with Crippen LogP contribution < -0.4 is 19.7 Å². The summed E-state index contributed by atoms with van der Waals surface area (Å²) in [7, 11) is 3.30. The second-order valence-electron chi connectivity index (χ2n) is 5.87. The highest BCUT2D eigenvalue weighted by Gasteiger charge is 2.24. The van der Waals surface area contributed by atoms with Crippen molar-refractivity contribution in [2.45, 2.75) is 6.42 Å². The van der Waals surface area contributed by atoms with Gasteiger partial charge in [0.15, 0.2) is 0 Å². The van der Waals surface area contributed by atoms with Gasteiger partial charge < -0.3 is 19.7 Å². The van der Waals surface area contributed by atoms with Crippen LogP contribution in [0.4, 0.5) is 5.69 Å². The Morgan fingerprint density at radius 1 is 1.33 bits per heavy atom. The van der Waals surface area contributed by atoms with Crippen LogP contribution in [0.2, 0.25) is 0 Å². The van der Waals surface area contributed by atoms with Crippen molar-refractivity contribution in [1.82, 2.24) is 15.5 Å². The summed E-state index contributed by atoms with van der Waals surface area (Å²) in [5.74, 6) is 1.88. The lowest BCUT2D eigenvalue weighted by molar-refractivity contribution is 0.0948. The molecule has 2 aromatic rings. The van der Waals surface area contributed by atoms with Gasteiger partial charge in [-0.15, -0.1) is 0 Å². The number of nitrogens with zero attached hydrogens (tertiary/aromatic N) is 2. The molecule has 0 aliphatic carbocycles. The van der Waals surface area contributed by atoms with Crippen LogP contribution in [-0.4, -0.2) is 50.0 Å². The molecule has 1 aromatic carbocycles. The fourth-order valence-corrected chi connectivity index (χ4v) is 2.92. The molecule has 1 atom stereocenters. The summed E-state index contributed by atoms with van der Waals surface area (Å²) < 4.78 is 10.7. The number of amides is 1. The summed E-state index contributed by atoms with van der Waals surface area (Å²) >= 11 is 0. The van der Waals surface area contributed by atoms with Gasteiger partial charge in [-0.05, 0) is 12.3 Å². The van der Waals surface area contributed by atoms with E-state index in [0.29, 0.717) is 18.0 Å². The van der Waals surface area contributed by atoms with Gasteiger partial charge in [0.05, 0.1) is 26.0 Å². The van der Waals surface area contributed by atoms with E-state index >= 15 is 0 Å². The van der Waals surface area contributed by atoms with Crippen molar-refractivity contribution in [3.05, 3.63) is 36.2 Å². The zero-order chi connectivity index (χ0) is 16.9. The number of anilines is 1. The van der Waals surface area contributed by atoms with E-state index in [0.717, 1.165) is 36.7 Å². The number of ether oxygens (including phenoxy) is 2. The average Bonchev–Trinajstić information content (AvgIpc) is 3.30. The Balaban J connectivity index is 1.58. The van der Waals surface area contributed by atoms with Gasteiger partial charge in [0.2, 0.25) is 0 Å². The lowest BCUT2D eigenvalue weighted by atomic mass is 10.1. The number of aromatic nitrogens is 2. The normalized spacial score (nSPS) is 16.9. The van der Waals surface area contributed by atoms with Crippen molar-refractivity contribution < 1.29 is 14.3 Å². The Bertz CT molecular complexity index is 665. The van der Waals surface area contributed by atoms with Crippen molar-refractivity contribution >= 4 is 11.6 Å². The Hall–Kier alpha value is -2.70. The Morgan fingerprint density at radius 2 is 2.08 bits per heavy atom. The number of hydrogen-bond acceptors (Lipinski definition) is 5. The zero-order valence-corrected chi connectivity index (χ0v) is 13.9. The summed E-state index contributed by atoms with van der Waals surface area (Å²) in [5, 5.41) is 9.40. The standard InChI is InChI=1S/C17H22N4O3/c1-23-15-5-14(6-16(7-15)24-2)21-4-3-12(11-21)8-18-17(22)13-9-19-20-10-13/h5-7,9-10,12H,3-4,8,11H2,1-2H3,(H,18,22)(H,19,20)/t12-/m0/s1. The van der Waals surface area contributed by atoms with Crippen molar-refractivity contribution in [3.63, 3.8) is 0 Å². The number of hydrogen-bond donors (Lipinski definition) is 2. The van der Waals surface area contributed by atoms with Crippen molar-refractivity contribution in [2.24, 2.45) is 5.92 Å². The molecule has 7 heteroatoms. The summed E-state index contributed by atoms with van der Waals surface area (Å²) in [6.07, 6.45) is 4.16. The van der Waals surface area contributed by atoms with Gasteiger partial charge >= 0.3 is 0 Å². The lowest BCUT2D eigenvalue weighted by Crippen LogP contribution is -2.30. The maximum Gasteiger partial charge on any atom is 0.254 e. The molecule has 128 valence electrons. The minimum Gasteiger partial charge on any atom is -0.497 e. The van der Waals surface area contributed by atoms with Gasteiger partial charge in [-0.25, -0.2) is 0 Å². The number of carbonyl (C=O) groups excluding carboxylic acids is 1. The fraction of sp³-hybridized carbons (Fsp3) is 0.412. The molecule has 3 rings (SSSR count). The molecular weight excluding hydrogens is 308 g/mol. The monoisotopic (exact) mass is 330 g/mol. The second kappa shape index (κ2) is 7.25. The highest BCUT2D eigenvalue weighted by Crippen LogP contribution is 2.31. The van der Waals surface area contributed by atoms with Gasteiger partial charge in [-0.1, -0.05) is 0 Å². The van der Waals surface area contributed by atoms with E-state index in [2.05, 4.69) is 20.4 Å². The maximum atomic E-state index is 12.0. The smallest absolute Gasteiger partial charge is 0.254 e. The second-order valence-corrected chi connectivity index (χ2v) is 5.87. The molecule has 1 amide bonds. The van der Waals surface area contributed by atoms with Gasteiger partial charge in [0, 0.05) is 49.7 Å². The first-order chi connectivity index (χ1) is 11.7. The molecule has 24 heavy (non-hydrogen) atoms. The molecule has 2 N–H and O–H groups in total. The SMILES string of the molecule is COc1cc(OC)cc(N2CC[C@@H](CNC(=O)c3cn[nH]c3)C2)c1. The average molecular weight is 330 g/mol. The first-order valence-corrected chi connectivity index (χ1v) is 7.94. The van der Waals surface area contributed by atoms with Crippen LogP contribution in [0.5, 0.6) is 11.5 Å². The van der Waals surface area contributed by atoms with E-state index < -0.39 is 0 Å². The van der Waals surface area contributed by atoms with Crippen LogP contribution in [0.1, 0.15) is 16.8 Å². The molecule has 1 saturated heterocycles. The van der Waals surface area contributed by atoms with Crippen molar-refractivity contribution in [2.75, 3.05) is 38.8 Å². The molecule has 1 fully saturated rings.